The van der Waals surface area contributed by atoms with Crippen molar-refractivity contribution < 1.29 is 9.32 Å². The van der Waals surface area contributed by atoms with Crippen molar-refractivity contribution in [3.8, 4) is 0 Å². The number of hydrogen-bond donors (Lipinski definition) is 1. The summed E-state index contributed by atoms with van der Waals surface area (Å²) in [6, 6.07) is 9.22. The van der Waals surface area contributed by atoms with Gasteiger partial charge in [-0.2, -0.15) is 4.98 Å². The second-order valence-corrected chi connectivity index (χ2v) is 5.83. The van der Waals surface area contributed by atoms with E-state index in [2.05, 4.69) is 36.4 Å². The van der Waals surface area contributed by atoms with Gasteiger partial charge in [-0.05, 0) is 40.5 Å². The van der Waals surface area contributed by atoms with Crippen molar-refractivity contribution in [1.29, 1.82) is 0 Å². The SMILES string of the molecule is Cc1noc(Cc2ccccc2NC(=O)c2cncc(Br)c2)n1. The van der Waals surface area contributed by atoms with E-state index in [0.29, 0.717) is 29.4 Å². The third-order valence-corrected chi connectivity index (χ3v) is 3.58. The molecule has 2 aromatic heterocycles. The van der Waals surface area contributed by atoms with Gasteiger partial charge in [0, 0.05) is 22.6 Å². The molecule has 0 radical (unpaired) electrons. The molecule has 1 N–H and O–H groups in total. The number of rotatable bonds is 4. The van der Waals surface area contributed by atoms with Gasteiger partial charge >= 0.3 is 0 Å². The van der Waals surface area contributed by atoms with Crippen LogP contribution < -0.4 is 5.32 Å². The number of nitrogens with zero attached hydrogens (tertiary/aromatic N) is 3. The highest BCUT2D eigenvalue weighted by atomic mass is 79.9. The zero-order valence-corrected chi connectivity index (χ0v) is 13.9. The largest absolute Gasteiger partial charge is 0.339 e. The van der Waals surface area contributed by atoms with Crippen molar-refractivity contribution in [1.82, 2.24) is 15.1 Å². The minimum absolute atomic E-state index is 0.229. The lowest BCUT2D eigenvalue weighted by molar-refractivity contribution is 0.102. The lowest BCUT2D eigenvalue weighted by Gasteiger charge is -2.09. The number of aromatic nitrogens is 3. The van der Waals surface area contributed by atoms with Gasteiger partial charge in [0.2, 0.25) is 5.89 Å². The van der Waals surface area contributed by atoms with Crippen molar-refractivity contribution >= 4 is 27.5 Å². The summed E-state index contributed by atoms with van der Waals surface area (Å²) in [7, 11) is 0. The lowest BCUT2D eigenvalue weighted by atomic mass is 10.1. The quantitative estimate of drug-likeness (QED) is 0.758. The Morgan fingerprint density at radius 1 is 1.30 bits per heavy atom. The minimum atomic E-state index is -0.229. The molecule has 0 fully saturated rings. The van der Waals surface area contributed by atoms with Crippen LogP contribution in [-0.4, -0.2) is 21.0 Å². The maximum absolute atomic E-state index is 12.4. The molecule has 2 heterocycles. The summed E-state index contributed by atoms with van der Waals surface area (Å²) in [5.74, 6) is 0.864. The van der Waals surface area contributed by atoms with Crippen LogP contribution in [0.4, 0.5) is 5.69 Å². The maximum atomic E-state index is 12.4. The Morgan fingerprint density at radius 3 is 2.87 bits per heavy atom. The summed E-state index contributed by atoms with van der Waals surface area (Å²) in [6.45, 7) is 1.76. The fraction of sp³-hybridized carbons (Fsp3) is 0.125. The minimum Gasteiger partial charge on any atom is -0.339 e. The number of carbonyl (C=O) groups is 1. The number of amides is 1. The first-order valence-corrected chi connectivity index (χ1v) is 7.70. The van der Waals surface area contributed by atoms with Crippen LogP contribution in [0.5, 0.6) is 0 Å². The van der Waals surface area contributed by atoms with Crippen molar-refractivity contribution in [2.45, 2.75) is 13.3 Å². The number of benzene rings is 1. The normalized spacial score (nSPS) is 10.5. The summed E-state index contributed by atoms with van der Waals surface area (Å²) in [5, 5.41) is 6.67. The van der Waals surface area contributed by atoms with Gasteiger partial charge in [0.05, 0.1) is 12.0 Å². The molecule has 0 saturated heterocycles. The number of hydrogen-bond acceptors (Lipinski definition) is 5. The number of halogens is 1. The van der Waals surface area contributed by atoms with Crippen molar-refractivity contribution in [2.75, 3.05) is 5.32 Å². The molecule has 0 bridgehead atoms. The standard InChI is InChI=1S/C16H13BrN4O2/c1-10-19-15(23-21-10)7-11-4-2-3-5-14(11)20-16(22)12-6-13(17)9-18-8-12/h2-6,8-9H,7H2,1H3,(H,20,22). The zero-order valence-electron chi connectivity index (χ0n) is 12.3. The third-order valence-electron chi connectivity index (χ3n) is 3.14. The molecular formula is C16H13BrN4O2. The summed E-state index contributed by atoms with van der Waals surface area (Å²) in [6.07, 6.45) is 3.60. The first-order valence-electron chi connectivity index (χ1n) is 6.91. The van der Waals surface area contributed by atoms with Gasteiger partial charge in [0.15, 0.2) is 5.82 Å². The number of nitrogens with one attached hydrogen (secondary N) is 1. The highest BCUT2D eigenvalue weighted by molar-refractivity contribution is 9.10. The molecule has 0 aliphatic carbocycles. The van der Waals surface area contributed by atoms with Gasteiger partial charge in [0.25, 0.3) is 5.91 Å². The molecule has 0 aliphatic heterocycles. The number of pyridine rings is 1. The maximum Gasteiger partial charge on any atom is 0.257 e. The third kappa shape index (κ3) is 3.81. The molecule has 116 valence electrons. The van der Waals surface area contributed by atoms with E-state index in [4.69, 9.17) is 4.52 Å². The molecule has 7 heteroatoms. The van der Waals surface area contributed by atoms with E-state index in [-0.39, 0.29) is 5.91 Å². The van der Waals surface area contributed by atoms with Crippen LogP contribution in [0.2, 0.25) is 0 Å². The molecule has 0 atom stereocenters. The van der Waals surface area contributed by atoms with E-state index in [0.717, 1.165) is 10.0 Å². The molecule has 0 unspecified atom stereocenters. The first-order chi connectivity index (χ1) is 11.1. The monoisotopic (exact) mass is 372 g/mol. The number of carbonyl (C=O) groups excluding carboxylic acids is 1. The molecule has 0 spiro atoms. The Bertz CT molecular complexity index is 847. The van der Waals surface area contributed by atoms with Gasteiger partial charge in [-0.15, -0.1) is 0 Å². The van der Waals surface area contributed by atoms with Crippen molar-refractivity contribution in [3.63, 3.8) is 0 Å². The molecule has 0 saturated carbocycles. The molecule has 1 aromatic carbocycles. The Balaban J connectivity index is 1.81. The van der Waals surface area contributed by atoms with Crippen LogP contribution >= 0.6 is 15.9 Å². The van der Waals surface area contributed by atoms with Gasteiger partial charge in [0.1, 0.15) is 0 Å². The number of aryl methyl sites for hydroxylation is 1. The highest BCUT2D eigenvalue weighted by Gasteiger charge is 2.12. The van der Waals surface area contributed by atoms with E-state index < -0.39 is 0 Å². The van der Waals surface area contributed by atoms with Gasteiger partial charge in [-0.25, -0.2) is 0 Å². The van der Waals surface area contributed by atoms with E-state index >= 15 is 0 Å². The van der Waals surface area contributed by atoms with Gasteiger partial charge < -0.3 is 9.84 Å². The fourth-order valence-corrected chi connectivity index (χ4v) is 2.47. The Morgan fingerprint density at radius 2 is 2.13 bits per heavy atom. The van der Waals surface area contributed by atoms with E-state index in [1.807, 2.05) is 24.3 Å². The topological polar surface area (TPSA) is 80.9 Å². The Hall–Kier alpha value is -2.54. The second-order valence-electron chi connectivity index (χ2n) is 4.92. The summed E-state index contributed by atoms with van der Waals surface area (Å²) < 4.78 is 5.89. The molecule has 0 aliphatic rings. The van der Waals surface area contributed by atoms with Crippen LogP contribution in [0, 0.1) is 6.92 Å². The highest BCUT2D eigenvalue weighted by Crippen LogP contribution is 2.20. The molecule has 1 amide bonds. The number of anilines is 1. The smallest absolute Gasteiger partial charge is 0.257 e. The fourth-order valence-electron chi connectivity index (χ4n) is 2.10. The van der Waals surface area contributed by atoms with Crippen LogP contribution in [0.15, 0.2) is 51.7 Å². The van der Waals surface area contributed by atoms with E-state index in [1.165, 1.54) is 6.20 Å². The average Bonchev–Trinajstić information content (AvgIpc) is 2.94. The Kier molecular flexibility index (Phi) is 4.47. The second kappa shape index (κ2) is 6.70. The van der Waals surface area contributed by atoms with Crippen molar-refractivity contribution in [3.05, 3.63) is 70.0 Å². The van der Waals surface area contributed by atoms with E-state index in [1.54, 1.807) is 19.2 Å². The van der Waals surface area contributed by atoms with Crippen LogP contribution in [0.25, 0.3) is 0 Å². The van der Waals surface area contributed by atoms with E-state index in [9.17, 15) is 4.79 Å². The van der Waals surface area contributed by atoms with Crippen LogP contribution in [0.3, 0.4) is 0 Å². The lowest BCUT2D eigenvalue weighted by Crippen LogP contribution is -2.13. The molecular weight excluding hydrogens is 360 g/mol. The molecule has 3 aromatic rings. The first kappa shape index (κ1) is 15.4. The Labute approximate surface area is 141 Å². The summed E-state index contributed by atoms with van der Waals surface area (Å²) in [4.78, 5) is 20.5. The summed E-state index contributed by atoms with van der Waals surface area (Å²) >= 11 is 3.31. The van der Waals surface area contributed by atoms with Crippen molar-refractivity contribution in [2.24, 2.45) is 0 Å². The van der Waals surface area contributed by atoms with Gasteiger partial charge in [-0.1, -0.05) is 23.4 Å². The predicted molar refractivity (Wildman–Crippen MR) is 88.2 cm³/mol. The predicted octanol–water partition coefficient (Wildman–Crippen LogP) is 3.38. The molecule has 3 rings (SSSR count). The van der Waals surface area contributed by atoms with Gasteiger partial charge in [-0.3, -0.25) is 9.78 Å². The summed E-state index contributed by atoms with van der Waals surface area (Å²) in [5.41, 5.74) is 2.07. The number of para-hydroxylation sites is 1. The molecule has 6 nitrogen and oxygen atoms in total. The average molecular weight is 373 g/mol. The van der Waals surface area contributed by atoms with Crippen LogP contribution in [-0.2, 0) is 6.42 Å². The molecule has 23 heavy (non-hydrogen) atoms. The zero-order chi connectivity index (χ0) is 16.2. The van der Waals surface area contributed by atoms with Crippen LogP contribution in [0.1, 0.15) is 27.6 Å².